The van der Waals surface area contributed by atoms with Gasteiger partial charge in [-0.15, -0.1) is 0 Å². The smallest absolute Gasteiger partial charge is 0.243 e. The largest absolute Gasteiger partial charge is 0.273 e. The van der Waals surface area contributed by atoms with Crippen LogP contribution in [-0.2, 0) is 20.2 Å². The van der Waals surface area contributed by atoms with Crippen molar-refractivity contribution in [2.45, 2.75) is 19.3 Å². The van der Waals surface area contributed by atoms with E-state index < -0.39 is 21.3 Å². The molecule has 1 aromatic rings. The van der Waals surface area contributed by atoms with Crippen LogP contribution in [0.3, 0.4) is 0 Å². The Balaban J connectivity index is 3.12. The Labute approximate surface area is 116 Å². The molecule has 0 atom stereocenters. The molecule has 7 heteroatoms. The van der Waals surface area contributed by atoms with Crippen molar-refractivity contribution in [3.05, 3.63) is 33.8 Å². The monoisotopic (exact) mass is 309 g/mol. The molecule has 1 aromatic carbocycles. The zero-order valence-electron chi connectivity index (χ0n) is 10.1. The van der Waals surface area contributed by atoms with Gasteiger partial charge in [0.05, 0.1) is 21.7 Å². The summed E-state index contributed by atoms with van der Waals surface area (Å²) in [6.07, 6.45) is 0.926. The number of halogens is 2. The number of nitrogens with one attached hydrogen (secondary N) is 1. The summed E-state index contributed by atoms with van der Waals surface area (Å²) < 4.78 is 24.1. The van der Waals surface area contributed by atoms with E-state index in [0.717, 1.165) is 6.26 Å². The van der Waals surface area contributed by atoms with Crippen LogP contribution in [0.2, 0.25) is 10.0 Å². The number of carbonyl (C=O) groups excluding carboxylic acids is 1. The Bertz CT molecular complexity index is 582. The predicted octanol–water partition coefficient (Wildman–Crippen LogP) is 2.35. The van der Waals surface area contributed by atoms with Crippen molar-refractivity contribution in [1.82, 2.24) is 4.72 Å². The van der Waals surface area contributed by atoms with Crippen LogP contribution in [0, 0.1) is 0 Å². The van der Waals surface area contributed by atoms with Crippen molar-refractivity contribution in [3.8, 4) is 0 Å². The zero-order valence-corrected chi connectivity index (χ0v) is 12.4. The van der Waals surface area contributed by atoms with Gasteiger partial charge < -0.3 is 0 Å². The second-order valence-electron chi connectivity index (χ2n) is 4.46. The fourth-order valence-electron chi connectivity index (χ4n) is 1.31. The Hall–Kier alpha value is -0.780. The molecular formula is C11H13Cl2NO3S. The molecule has 0 bridgehead atoms. The highest BCUT2D eigenvalue weighted by atomic mass is 35.5. The van der Waals surface area contributed by atoms with Crippen molar-refractivity contribution in [3.63, 3.8) is 0 Å². The molecule has 0 aliphatic carbocycles. The molecule has 0 unspecified atom stereocenters. The van der Waals surface area contributed by atoms with Crippen LogP contribution >= 0.6 is 23.2 Å². The number of hydrogen-bond acceptors (Lipinski definition) is 3. The summed E-state index contributed by atoms with van der Waals surface area (Å²) >= 11 is 11.7. The standard InChI is InChI=1S/C11H13Cl2NO3S/c1-11(2,10(15)14-18(3,16)17)7-4-5-8(12)9(13)6-7/h4-6H,1-3H3,(H,14,15). The summed E-state index contributed by atoms with van der Waals surface area (Å²) in [7, 11) is -3.59. The predicted molar refractivity (Wildman–Crippen MR) is 72.5 cm³/mol. The number of benzene rings is 1. The van der Waals surface area contributed by atoms with Gasteiger partial charge in [0.25, 0.3) is 0 Å². The number of hydrogen-bond donors (Lipinski definition) is 1. The normalized spacial score (nSPS) is 12.3. The van der Waals surface area contributed by atoms with Gasteiger partial charge in [-0.05, 0) is 31.5 Å². The molecule has 0 saturated carbocycles. The van der Waals surface area contributed by atoms with Gasteiger partial charge in [-0.1, -0.05) is 29.3 Å². The highest BCUT2D eigenvalue weighted by molar-refractivity contribution is 7.89. The van der Waals surface area contributed by atoms with E-state index in [1.165, 1.54) is 0 Å². The van der Waals surface area contributed by atoms with Crippen molar-refractivity contribution < 1.29 is 13.2 Å². The van der Waals surface area contributed by atoms with Gasteiger partial charge in [0, 0.05) is 0 Å². The molecule has 0 heterocycles. The van der Waals surface area contributed by atoms with E-state index in [-0.39, 0.29) is 0 Å². The Morgan fingerprint density at radius 3 is 2.22 bits per heavy atom. The average Bonchev–Trinajstić information content (AvgIpc) is 2.19. The third kappa shape index (κ3) is 3.60. The maximum atomic E-state index is 11.9. The van der Waals surface area contributed by atoms with E-state index in [0.29, 0.717) is 15.6 Å². The Morgan fingerprint density at radius 2 is 1.78 bits per heavy atom. The van der Waals surface area contributed by atoms with Crippen LogP contribution < -0.4 is 4.72 Å². The van der Waals surface area contributed by atoms with Gasteiger partial charge in [0.15, 0.2) is 0 Å². The second-order valence-corrected chi connectivity index (χ2v) is 7.02. The van der Waals surface area contributed by atoms with Gasteiger partial charge in [-0.3, -0.25) is 9.52 Å². The lowest BCUT2D eigenvalue weighted by atomic mass is 9.84. The van der Waals surface area contributed by atoms with Crippen molar-refractivity contribution >= 4 is 39.1 Å². The van der Waals surface area contributed by atoms with Crippen LogP contribution in [0.1, 0.15) is 19.4 Å². The van der Waals surface area contributed by atoms with Crippen LogP contribution in [0.25, 0.3) is 0 Å². The first-order valence-corrected chi connectivity index (χ1v) is 7.66. The molecule has 0 aliphatic rings. The van der Waals surface area contributed by atoms with Crippen LogP contribution in [0.4, 0.5) is 0 Å². The van der Waals surface area contributed by atoms with Crippen LogP contribution in [0.15, 0.2) is 18.2 Å². The maximum Gasteiger partial charge on any atom is 0.243 e. The fourth-order valence-corrected chi connectivity index (χ4v) is 2.20. The van der Waals surface area contributed by atoms with Gasteiger partial charge >= 0.3 is 0 Å². The summed E-state index contributed by atoms with van der Waals surface area (Å²) in [6.45, 7) is 3.21. The minimum Gasteiger partial charge on any atom is -0.273 e. The van der Waals surface area contributed by atoms with Crippen molar-refractivity contribution in [1.29, 1.82) is 0 Å². The van der Waals surface area contributed by atoms with Gasteiger partial charge in [-0.25, -0.2) is 8.42 Å². The van der Waals surface area contributed by atoms with Gasteiger partial charge in [-0.2, -0.15) is 0 Å². The summed E-state index contributed by atoms with van der Waals surface area (Å²) in [5.74, 6) is -0.622. The third-order valence-electron chi connectivity index (χ3n) is 2.49. The SMILES string of the molecule is CC(C)(C(=O)NS(C)(=O)=O)c1ccc(Cl)c(Cl)c1. The number of sulfonamides is 1. The van der Waals surface area contributed by atoms with Crippen LogP contribution in [0.5, 0.6) is 0 Å². The molecule has 1 rings (SSSR count). The number of carbonyl (C=O) groups is 1. The molecular weight excluding hydrogens is 297 g/mol. The van der Waals surface area contributed by atoms with E-state index in [1.54, 1.807) is 32.0 Å². The van der Waals surface area contributed by atoms with Crippen molar-refractivity contribution in [2.24, 2.45) is 0 Å². The first kappa shape index (κ1) is 15.3. The Morgan fingerprint density at radius 1 is 1.22 bits per heavy atom. The first-order chi connectivity index (χ1) is 8.04. The topological polar surface area (TPSA) is 63.2 Å². The highest BCUT2D eigenvalue weighted by Gasteiger charge is 2.32. The Kier molecular flexibility index (Phi) is 4.30. The zero-order chi connectivity index (χ0) is 14.1. The number of amides is 1. The fraction of sp³-hybridized carbons (Fsp3) is 0.364. The van der Waals surface area contributed by atoms with Crippen LogP contribution in [-0.4, -0.2) is 20.6 Å². The third-order valence-corrected chi connectivity index (χ3v) is 3.78. The molecule has 0 aliphatic heterocycles. The minimum atomic E-state index is -3.59. The lowest BCUT2D eigenvalue weighted by Gasteiger charge is -2.23. The minimum absolute atomic E-state index is 0.314. The molecule has 18 heavy (non-hydrogen) atoms. The summed E-state index contributed by atoms with van der Waals surface area (Å²) in [4.78, 5) is 11.9. The summed E-state index contributed by atoms with van der Waals surface area (Å²) in [6, 6.07) is 4.75. The highest BCUT2D eigenvalue weighted by Crippen LogP contribution is 2.30. The second kappa shape index (κ2) is 5.07. The lowest BCUT2D eigenvalue weighted by molar-refractivity contribution is -0.123. The van der Waals surface area contributed by atoms with Crippen molar-refractivity contribution in [2.75, 3.05) is 6.26 Å². The molecule has 0 spiro atoms. The summed E-state index contributed by atoms with van der Waals surface area (Å²) in [5, 5.41) is 0.689. The molecule has 0 aromatic heterocycles. The van der Waals surface area contributed by atoms with E-state index in [1.807, 2.05) is 4.72 Å². The quantitative estimate of drug-likeness (QED) is 0.932. The molecule has 1 N–H and O–H groups in total. The van der Waals surface area contributed by atoms with Gasteiger partial charge in [0.1, 0.15) is 0 Å². The van der Waals surface area contributed by atoms with E-state index >= 15 is 0 Å². The molecule has 0 fully saturated rings. The van der Waals surface area contributed by atoms with E-state index in [9.17, 15) is 13.2 Å². The molecule has 0 saturated heterocycles. The molecule has 0 radical (unpaired) electrons. The van der Waals surface area contributed by atoms with E-state index in [4.69, 9.17) is 23.2 Å². The molecule has 100 valence electrons. The number of rotatable bonds is 3. The van der Waals surface area contributed by atoms with Gasteiger partial charge in [0.2, 0.25) is 15.9 Å². The van der Waals surface area contributed by atoms with E-state index in [2.05, 4.69) is 0 Å². The molecule has 1 amide bonds. The summed E-state index contributed by atoms with van der Waals surface area (Å²) in [5.41, 5.74) is -0.449. The average molecular weight is 310 g/mol. The molecule has 4 nitrogen and oxygen atoms in total. The lowest BCUT2D eigenvalue weighted by Crippen LogP contribution is -2.42. The first-order valence-electron chi connectivity index (χ1n) is 5.02. The maximum absolute atomic E-state index is 11.9.